The van der Waals surface area contributed by atoms with Gasteiger partial charge in [0.15, 0.2) is 0 Å². The maximum atomic E-state index is 9.76. The third-order valence-corrected chi connectivity index (χ3v) is 2.85. The average Bonchev–Trinajstić information content (AvgIpc) is 2.10. The Morgan fingerprint density at radius 1 is 1.53 bits per heavy atom. The molecule has 1 aromatic heterocycles. The number of aromatic nitrogens is 1. The van der Waals surface area contributed by atoms with Crippen molar-refractivity contribution in [3.8, 4) is 0 Å². The van der Waals surface area contributed by atoms with Crippen molar-refractivity contribution in [3.63, 3.8) is 0 Å². The number of rotatable bonds is 3. The SMILES string of the molecule is Cc1cc(NC(C)C(C)(C)O)cnc1Cl. The number of halogens is 1. The Kier molecular flexibility index (Phi) is 3.58. The van der Waals surface area contributed by atoms with Crippen molar-refractivity contribution in [2.45, 2.75) is 39.3 Å². The smallest absolute Gasteiger partial charge is 0.132 e. The van der Waals surface area contributed by atoms with Crippen molar-refractivity contribution in [1.29, 1.82) is 0 Å². The van der Waals surface area contributed by atoms with E-state index < -0.39 is 5.60 Å². The van der Waals surface area contributed by atoms with Crippen LogP contribution >= 0.6 is 11.6 Å². The van der Waals surface area contributed by atoms with Crippen LogP contribution < -0.4 is 5.32 Å². The van der Waals surface area contributed by atoms with E-state index in [0.717, 1.165) is 11.3 Å². The maximum Gasteiger partial charge on any atom is 0.132 e. The molecule has 1 atom stereocenters. The van der Waals surface area contributed by atoms with Crippen LogP contribution in [0.25, 0.3) is 0 Å². The highest BCUT2D eigenvalue weighted by atomic mass is 35.5. The second kappa shape index (κ2) is 4.37. The van der Waals surface area contributed by atoms with Gasteiger partial charge >= 0.3 is 0 Å². The van der Waals surface area contributed by atoms with E-state index in [1.807, 2.05) is 19.9 Å². The number of pyridine rings is 1. The van der Waals surface area contributed by atoms with E-state index in [1.54, 1.807) is 20.0 Å². The van der Waals surface area contributed by atoms with Crippen LogP contribution in [0.4, 0.5) is 5.69 Å². The number of aryl methyl sites for hydroxylation is 1. The fraction of sp³-hybridized carbons (Fsp3) is 0.545. The summed E-state index contributed by atoms with van der Waals surface area (Å²) in [7, 11) is 0. The molecule has 15 heavy (non-hydrogen) atoms. The highest BCUT2D eigenvalue weighted by molar-refractivity contribution is 6.30. The summed E-state index contributed by atoms with van der Waals surface area (Å²) in [5.74, 6) is 0. The second-order valence-electron chi connectivity index (χ2n) is 4.35. The van der Waals surface area contributed by atoms with Crippen LogP contribution in [0.1, 0.15) is 26.3 Å². The molecule has 0 aromatic carbocycles. The predicted octanol–water partition coefficient (Wildman–Crippen LogP) is 2.61. The first-order valence-corrected chi connectivity index (χ1v) is 5.29. The third kappa shape index (κ3) is 3.36. The van der Waals surface area contributed by atoms with Crippen molar-refractivity contribution >= 4 is 17.3 Å². The van der Waals surface area contributed by atoms with Gasteiger partial charge < -0.3 is 10.4 Å². The Morgan fingerprint density at radius 2 is 2.13 bits per heavy atom. The van der Waals surface area contributed by atoms with Crippen molar-refractivity contribution in [3.05, 3.63) is 23.0 Å². The lowest BCUT2D eigenvalue weighted by Gasteiger charge is -2.27. The molecule has 0 amide bonds. The summed E-state index contributed by atoms with van der Waals surface area (Å²) in [6, 6.07) is 1.86. The fourth-order valence-corrected chi connectivity index (χ4v) is 1.17. The molecule has 0 saturated heterocycles. The molecule has 0 saturated carbocycles. The van der Waals surface area contributed by atoms with Crippen molar-refractivity contribution in [2.75, 3.05) is 5.32 Å². The molecule has 1 aromatic rings. The van der Waals surface area contributed by atoms with E-state index in [1.165, 1.54) is 0 Å². The quantitative estimate of drug-likeness (QED) is 0.782. The van der Waals surface area contributed by atoms with Gasteiger partial charge in [0.05, 0.1) is 23.5 Å². The van der Waals surface area contributed by atoms with Gasteiger partial charge in [0, 0.05) is 0 Å². The average molecular weight is 229 g/mol. The van der Waals surface area contributed by atoms with Crippen molar-refractivity contribution in [1.82, 2.24) is 4.98 Å². The molecule has 2 N–H and O–H groups in total. The highest BCUT2D eigenvalue weighted by Crippen LogP contribution is 2.19. The summed E-state index contributed by atoms with van der Waals surface area (Å²) >= 11 is 5.82. The monoisotopic (exact) mass is 228 g/mol. The van der Waals surface area contributed by atoms with Gasteiger partial charge in [-0.15, -0.1) is 0 Å². The van der Waals surface area contributed by atoms with Crippen LogP contribution in [0, 0.1) is 6.92 Å². The fourth-order valence-electron chi connectivity index (χ4n) is 1.06. The van der Waals surface area contributed by atoms with Gasteiger partial charge in [-0.25, -0.2) is 4.98 Å². The minimum atomic E-state index is -0.770. The van der Waals surface area contributed by atoms with Gasteiger partial charge in [-0.3, -0.25) is 0 Å². The Morgan fingerprint density at radius 3 is 2.60 bits per heavy atom. The zero-order valence-electron chi connectivity index (χ0n) is 9.50. The molecule has 0 aliphatic carbocycles. The zero-order chi connectivity index (χ0) is 11.6. The van der Waals surface area contributed by atoms with Crippen LogP contribution in [0.3, 0.4) is 0 Å². The van der Waals surface area contributed by atoms with Gasteiger partial charge in [0.25, 0.3) is 0 Å². The molecule has 84 valence electrons. The first-order valence-electron chi connectivity index (χ1n) is 4.92. The number of nitrogens with one attached hydrogen (secondary N) is 1. The van der Waals surface area contributed by atoms with Crippen LogP contribution in [-0.2, 0) is 0 Å². The van der Waals surface area contributed by atoms with E-state index in [9.17, 15) is 5.11 Å². The maximum absolute atomic E-state index is 9.76. The van der Waals surface area contributed by atoms with E-state index in [-0.39, 0.29) is 6.04 Å². The lowest BCUT2D eigenvalue weighted by atomic mass is 10.0. The number of nitrogens with zero attached hydrogens (tertiary/aromatic N) is 1. The minimum absolute atomic E-state index is 0.0557. The van der Waals surface area contributed by atoms with Gasteiger partial charge in [-0.05, 0) is 39.3 Å². The molecule has 0 aliphatic heterocycles. The number of aliphatic hydroxyl groups is 1. The molecule has 0 radical (unpaired) electrons. The second-order valence-corrected chi connectivity index (χ2v) is 4.71. The van der Waals surface area contributed by atoms with Gasteiger partial charge in [0.2, 0.25) is 0 Å². The summed E-state index contributed by atoms with van der Waals surface area (Å²) in [5.41, 5.74) is 1.02. The first kappa shape index (κ1) is 12.3. The number of hydrogen-bond donors (Lipinski definition) is 2. The van der Waals surface area contributed by atoms with Gasteiger partial charge in [-0.1, -0.05) is 11.6 Å². The number of anilines is 1. The molecule has 1 unspecified atom stereocenters. The molecule has 1 heterocycles. The predicted molar refractivity (Wildman–Crippen MR) is 63.4 cm³/mol. The Labute approximate surface area is 95.5 Å². The van der Waals surface area contributed by atoms with Crippen LogP contribution in [-0.4, -0.2) is 21.7 Å². The normalized spacial score (nSPS) is 13.7. The summed E-state index contributed by atoms with van der Waals surface area (Å²) in [4.78, 5) is 4.04. The zero-order valence-corrected chi connectivity index (χ0v) is 10.3. The van der Waals surface area contributed by atoms with Crippen molar-refractivity contribution in [2.24, 2.45) is 0 Å². The summed E-state index contributed by atoms with van der Waals surface area (Å²) in [6.45, 7) is 7.35. The van der Waals surface area contributed by atoms with Crippen LogP contribution in [0.2, 0.25) is 5.15 Å². The Bertz CT molecular complexity index is 347. The van der Waals surface area contributed by atoms with Gasteiger partial charge in [-0.2, -0.15) is 0 Å². The molecule has 0 spiro atoms. The molecular formula is C11H17ClN2O. The largest absolute Gasteiger partial charge is 0.388 e. The number of hydrogen-bond acceptors (Lipinski definition) is 3. The Balaban J connectivity index is 2.78. The molecule has 4 heteroatoms. The Hall–Kier alpha value is -0.800. The van der Waals surface area contributed by atoms with E-state index in [2.05, 4.69) is 10.3 Å². The van der Waals surface area contributed by atoms with E-state index >= 15 is 0 Å². The first-order chi connectivity index (χ1) is 6.80. The summed E-state index contributed by atoms with van der Waals surface area (Å²) in [5, 5.41) is 13.5. The molecule has 0 fully saturated rings. The van der Waals surface area contributed by atoms with Crippen molar-refractivity contribution < 1.29 is 5.11 Å². The van der Waals surface area contributed by atoms with Crippen LogP contribution in [0.15, 0.2) is 12.3 Å². The topological polar surface area (TPSA) is 45.1 Å². The van der Waals surface area contributed by atoms with E-state index in [4.69, 9.17) is 11.6 Å². The molecule has 1 rings (SSSR count). The molecule has 0 bridgehead atoms. The molecule has 0 aliphatic rings. The standard InChI is InChI=1S/C11H17ClN2O/c1-7-5-9(6-13-10(7)12)14-8(2)11(3,4)15/h5-6,8,14-15H,1-4H3. The summed E-state index contributed by atoms with van der Waals surface area (Å²) in [6.07, 6.45) is 1.66. The highest BCUT2D eigenvalue weighted by Gasteiger charge is 2.21. The van der Waals surface area contributed by atoms with Crippen LogP contribution in [0.5, 0.6) is 0 Å². The van der Waals surface area contributed by atoms with E-state index in [0.29, 0.717) is 5.15 Å². The molecular weight excluding hydrogens is 212 g/mol. The molecule has 3 nitrogen and oxygen atoms in total. The minimum Gasteiger partial charge on any atom is -0.388 e. The summed E-state index contributed by atoms with van der Waals surface area (Å²) < 4.78 is 0. The lowest BCUT2D eigenvalue weighted by molar-refractivity contribution is 0.0649. The lowest BCUT2D eigenvalue weighted by Crippen LogP contribution is -2.39. The third-order valence-electron chi connectivity index (χ3n) is 2.46. The van der Waals surface area contributed by atoms with Gasteiger partial charge in [0.1, 0.15) is 5.15 Å².